The van der Waals surface area contributed by atoms with E-state index in [4.69, 9.17) is 50.2 Å². The number of ether oxygens (including phenoxy) is 2. The minimum absolute atomic E-state index is 0. The van der Waals surface area contributed by atoms with Gasteiger partial charge in [0.2, 0.25) is 0 Å². The van der Waals surface area contributed by atoms with E-state index in [9.17, 15) is 20.2 Å². The van der Waals surface area contributed by atoms with Gasteiger partial charge in [-0.25, -0.2) is 9.97 Å². The molecule has 0 unspecified atom stereocenters. The third kappa shape index (κ3) is 22.6. The van der Waals surface area contributed by atoms with Crippen molar-refractivity contribution < 1.29 is 45.3 Å². The monoisotopic (exact) mass is 1510 g/mol. The van der Waals surface area contributed by atoms with Crippen LogP contribution in [-0.4, -0.2) is 37.0 Å². The van der Waals surface area contributed by atoms with Crippen molar-refractivity contribution in [3.05, 3.63) is 388 Å². The number of pyridine rings is 2. The van der Waals surface area contributed by atoms with E-state index in [0.717, 1.165) is 38.2 Å². The smallest absolute Gasteiger partial charge is 0.0134 e. The fourth-order valence-electron chi connectivity index (χ4n) is 10.2. The van der Waals surface area contributed by atoms with Crippen LogP contribution in [0.1, 0.15) is 18.6 Å². The molecule has 0 bridgehead atoms. The molecule has 0 aliphatic carbocycles. The van der Waals surface area contributed by atoms with Gasteiger partial charge in [-0.05, 0) is 110 Å². The molecule has 12 aromatic carbocycles. The van der Waals surface area contributed by atoms with Crippen LogP contribution in [0.5, 0.6) is 11.8 Å². The van der Waals surface area contributed by atoms with Crippen LogP contribution in [0.15, 0.2) is 352 Å². The largest absolute Gasteiger partial charge is 0.0622 e. The molecule has 0 spiro atoms. The Bertz CT molecular complexity index is 4460. The van der Waals surface area contributed by atoms with Crippen molar-refractivity contribution in [2.24, 2.45) is 0 Å². The van der Waals surface area contributed by atoms with Gasteiger partial charge < -0.3 is 19.5 Å². The molecule has 0 fully saturated rings. The van der Waals surface area contributed by atoms with Crippen LogP contribution >= 0.6 is 46.5 Å². The molecule has 14 rings (SSSR count). The van der Waals surface area contributed by atoms with Gasteiger partial charge in [-0.15, -0.1) is 0 Å². The molecule has 19 heteroatoms. The summed E-state index contributed by atoms with van der Waals surface area (Å²) in [5.41, 5.74) is 3.16. The normalized spacial score (nSPS) is 10.3. The number of aromatic nitrogens is 2. The molecular weight excluding hydrogens is 1440 g/mol. The van der Waals surface area contributed by atoms with Gasteiger partial charge in [-0.2, -0.15) is 0 Å². The molecule has 14 aromatic rings. The van der Waals surface area contributed by atoms with Gasteiger partial charge in [-0.3, -0.25) is 20.2 Å². The molecule has 2 heterocycles. The first-order valence-corrected chi connectivity index (χ1v) is 37.9. The van der Waals surface area contributed by atoms with Crippen LogP contribution in [0.4, 0.5) is 11.4 Å². The minimum atomic E-state index is -1.38. The van der Waals surface area contributed by atoms with E-state index in [2.05, 4.69) is 192 Å². The summed E-state index contributed by atoms with van der Waals surface area (Å²) in [5, 5.41) is 53.1. The number of nitro groups is 2. The zero-order valence-electron chi connectivity index (χ0n) is 53.0. The molecule has 0 amide bonds. The summed E-state index contributed by atoms with van der Waals surface area (Å²) in [4.78, 5) is 29.5. The number of hydrogen-bond donors (Lipinski definition) is 2. The summed E-state index contributed by atoms with van der Waals surface area (Å²) in [6, 6.07) is 113. The topological polar surface area (TPSA) is 171 Å². The first kappa shape index (κ1) is 76.0. The predicted octanol–water partition coefficient (Wildman–Crippen LogP) is 18.0. The first-order chi connectivity index (χ1) is 48.5. The van der Waals surface area contributed by atoms with Crippen molar-refractivity contribution >= 4 is 124 Å². The Hall–Kier alpha value is -9.76. The molecule has 12 nitrogen and oxygen atoms in total. The average Bonchev–Trinajstić information content (AvgIpc) is 0.799. The fourth-order valence-corrected chi connectivity index (χ4v) is 15.0. The van der Waals surface area contributed by atoms with Crippen LogP contribution in [0.3, 0.4) is 0 Å². The van der Waals surface area contributed by atoms with Gasteiger partial charge in [-0.1, -0.05) is 341 Å². The zero-order valence-corrected chi connectivity index (χ0v) is 58.6. The van der Waals surface area contributed by atoms with Gasteiger partial charge in [0, 0.05) is 12.4 Å². The number of nitrogens with zero attached hydrogens (tertiary/aromatic N) is 4. The number of fused-ring (bicyclic) bond motifs is 2. The van der Waals surface area contributed by atoms with E-state index >= 15 is 0 Å². The Labute approximate surface area is 606 Å². The molecule has 504 valence electrons. The van der Waals surface area contributed by atoms with E-state index in [1.165, 1.54) is 50.3 Å². The van der Waals surface area contributed by atoms with Crippen molar-refractivity contribution in [1.29, 1.82) is 0 Å². The van der Waals surface area contributed by atoms with E-state index in [0.29, 0.717) is 11.0 Å². The van der Waals surface area contributed by atoms with E-state index in [1.807, 2.05) is 133 Å². The summed E-state index contributed by atoms with van der Waals surface area (Å²) in [6.45, 7) is 0.422. The number of hydrogen-bond acceptors (Lipinski definition) is 10. The van der Waals surface area contributed by atoms with Crippen LogP contribution in [0, 0.1) is 20.2 Å². The van der Waals surface area contributed by atoms with Crippen molar-refractivity contribution in [1.82, 2.24) is 9.97 Å². The molecule has 2 aromatic heterocycles. The molecule has 0 atom stereocenters. The van der Waals surface area contributed by atoms with Crippen molar-refractivity contribution in [3.8, 4) is 22.9 Å². The van der Waals surface area contributed by atoms with Crippen LogP contribution in [0.25, 0.3) is 32.7 Å². The quantitative estimate of drug-likeness (QED) is 0.0411. The summed E-state index contributed by atoms with van der Waals surface area (Å²) in [7, 11) is 7.35. The van der Waals surface area contributed by atoms with Crippen molar-refractivity contribution in [2.45, 2.75) is 20.6 Å². The van der Waals surface area contributed by atoms with E-state index in [-0.39, 0.29) is 64.7 Å². The van der Waals surface area contributed by atoms with Crippen LogP contribution < -0.4 is 46.8 Å². The Morgan fingerprint density at radius 2 is 0.690 bits per heavy atom. The molecule has 2 N–H and O–H groups in total. The van der Waals surface area contributed by atoms with Crippen molar-refractivity contribution in [3.63, 3.8) is 0 Å². The SMILES string of the molecule is C.O=[N+]([O-])c1c(-c2ccc3ccccc3c2)ccnc1OCc1ccccc1.O=[N+]([O-])c1c(Cl)ccnc1OCc1ccccc1.OB(O)c1ccc2ccccc2c1.[Cl][Pd][Cl].c1ccc(P(c2ccccc2)c2ccccc2)cc1.c1ccc(P(c2ccccc2)c2ccccc2)cc1. The Balaban J connectivity index is 0.000000160. The molecule has 100 heavy (non-hydrogen) atoms. The van der Waals surface area contributed by atoms with Gasteiger partial charge >= 0.3 is 53.5 Å². The summed E-state index contributed by atoms with van der Waals surface area (Å²) in [6.07, 6.45) is 2.91. The fraction of sp³-hybridized carbons (Fsp3) is 0.0370. The summed E-state index contributed by atoms with van der Waals surface area (Å²) < 4.78 is 11.0. The average molecular weight is 1510 g/mol. The molecular formula is C81H68BCl3N4O8P2Pd. The zero-order chi connectivity index (χ0) is 69.4. The van der Waals surface area contributed by atoms with Gasteiger partial charge in [0.15, 0.2) is 0 Å². The maximum Gasteiger partial charge on any atom is -0.0134 e. The first-order valence-electron chi connectivity index (χ1n) is 30.8. The number of rotatable bonds is 16. The van der Waals surface area contributed by atoms with Gasteiger partial charge in [0.05, 0.1) is 15.4 Å². The predicted molar refractivity (Wildman–Crippen MR) is 414 cm³/mol. The van der Waals surface area contributed by atoms with E-state index in [1.54, 1.807) is 18.2 Å². The summed E-state index contributed by atoms with van der Waals surface area (Å²) >= 11 is 5.64. The molecule has 0 aliphatic heterocycles. The van der Waals surface area contributed by atoms with Gasteiger partial charge in [0.1, 0.15) is 18.2 Å². The molecule has 0 radical (unpaired) electrons. The number of benzene rings is 12. The maximum absolute atomic E-state index is 11.8. The second-order valence-corrected chi connectivity index (χ2v) is 28.5. The van der Waals surface area contributed by atoms with E-state index < -0.39 is 32.8 Å². The Morgan fingerprint density at radius 1 is 0.390 bits per heavy atom. The molecule has 0 aliphatic rings. The standard InChI is InChI=1S/C22H16N2O3.2C18H15P.C12H9ClN2O3.C10H9BO2.CH4.2ClH.Pd/c25-24(26)21-20(19-11-10-17-8-4-5-9-18(17)14-19)12-13-23-22(21)27-15-16-6-2-1-3-7-16;2*1-4-10-16(11-5-1)19(17-12-6-2-7-13-17)18-14-8-3-9-15-18;13-10-6-7-14-12(11(10)15(16)17)18-8-9-4-2-1-3-5-9;12-11(13)10-6-5-8-3-1-2-4-9(8)7-10;;;;/h1-14H,15H2;2*1-15H;1-7H,8H2;1-7,12-13H;1H4;2*1H;/q;;;;;;;;+2/p-2. The second-order valence-electron chi connectivity index (χ2n) is 21.3. The Kier molecular flexibility index (Phi) is 31.1. The van der Waals surface area contributed by atoms with Crippen molar-refractivity contribution in [2.75, 3.05) is 0 Å². The van der Waals surface area contributed by atoms with Gasteiger partial charge in [0.25, 0.3) is 11.8 Å². The molecule has 0 saturated carbocycles. The second kappa shape index (κ2) is 41.0. The minimum Gasteiger partial charge on any atom is -0.0622 e. The van der Waals surface area contributed by atoms with Crippen LogP contribution in [0.2, 0.25) is 5.02 Å². The third-order valence-corrected chi connectivity index (χ3v) is 19.9. The molecule has 0 saturated heterocycles. The Morgan fingerprint density at radius 3 is 1.04 bits per heavy atom. The maximum atomic E-state index is 11.8. The third-order valence-electron chi connectivity index (χ3n) is 14.8. The number of halogens is 3. The van der Waals surface area contributed by atoms with Crippen LogP contribution in [-0.2, 0) is 29.2 Å². The summed E-state index contributed by atoms with van der Waals surface area (Å²) in [5.74, 6) is -0.0501.